The van der Waals surface area contributed by atoms with Crippen LogP contribution in [0.3, 0.4) is 0 Å². The van der Waals surface area contributed by atoms with Crippen LogP contribution in [0.15, 0.2) is 18.3 Å². The third-order valence-corrected chi connectivity index (χ3v) is 2.93. The smallest absolute Gasteiger partial charge is 0.241 e. The Morgan fingerprint density at radius 1 is 1.44 bits per heavy atom. The summed E-state index contributed by atoms with van der Waals surface area (Å²) in [4.78, 5) is 17.8. The highest BCUT2D eigenvalue weighted by molar-refractivity contribution is 5.81. The van der Waals surface area contributed by atoms with E-state index in [1.165, 1.54) is 0 Å². The molecule has 5 nitrogen and oxygen atoms in total. The van der Waals surface area contributed by atoms with Gasteiger partial charge in [-0.05, 0) is 25.8 Å². The second kappa shape index (κ2) is 6.23. The maximum Gasteiger partial charge on any atom is 0.241 e. The van der Waals surface area contributed by atoms with Gasteiger partial charge in [0.25, 0.3) is 0 Å². The molecule has 0 saturated carbocycles. The SMILES string of the molecule is CCOc1ccc(NCC(=O)N2CCCC2)cn1. The molecule has 18 heavy (non-hydrogen) atoms. The van der Waals surface area contributed by atoms with Gasteiger partial charge in [0.1, 0.15) is 0 Å². The van der Waals surface area contributed by atoms with Crippen molar-refractivity contribution in [2.45, 2.75) is 19.8 Å². The molecule has 1 N–H and O–H groups in total. The number of carbonyl (C=O) groups is 1. The van der Waals surface area contributed by atoms with E-state index in [4.69, 9.17) is 4.74 Å². The summed E-state index contributed by atoms with van der Waals surface area (Å²) >= 11 is 0. The van der Waals surface area contributed by atoms with Crippen LogP contribution in [-0.4, -0.2) is 42.0 Å². The van der Waals surface area contributed by atoms with Crippen LogP contribution in [0.2, 0.25) is 0 Å². The Morgan fingerprint density at radius 3 is 2.83 bits per heavy atom. The van der Waals surface area contributed by atoms with Gasteiger partial charge in [0.2, 0.25) is 11.8 Å². The fourth-order valence-corrected chi connectivity index (χ4v) is 1.97. The average molecular weight is 249 g/mol. The zero-order chi connectivity index (χ0) is 12.8. The van der Waals surface area contributed by atoms with E-state index in [1.807, 2.05) is 17.9 Å². The quantitative estimate of drug-likeness (QED) is 0.859. The van der Waals surface area contributed by atoms with Crippen molar-refractivity contribution in [3.05, 3.63) is 18.3 Å². The van der Waals surface area contributed by atoms with E-state index in [0.29, 0.717) is 19.0 Å². The van der Waals surface area contributed by atoms with Crippen molar-refractivity contribution in [2.24, 2.45) is 0 Å². The summed E-state index contributed by atoms with van der Waals surface area (Å²) in [6.07, 6.45) is 3.93. The first-order chi connectivity index (χ1) is 8.79. The number of hydrogen-bond donors (Lipinski definition) is 1. The number of carbonyl (C=O) groups excluding carboxylic acids is 1. The lowest BCUT2D eigenvalue weighted by molar-refractivity contribution is -0.128. The van der Waals surface area contributed by atoms with Gasteiger partial charge < -0.3 is 15.0 Å². The molecule has 0 bridgehead atoms. The number of pyridine rings is 1. The molecule has 2 rings (SSSR count). The molecular weight excluding hydrogens is 230 g/mol. The number of anilines is 1. The molecule has 2 heterocycles. The fourth-order valence-electron chi connectivity index (χ4n) is 1.97. The number of nitrogens with zero attached hydrogens (tertiary/aromatic N) is 2. The monoisotopic (exact) mass is 249 g/mol. The number of ether oxygens (including phenoxy) is 1. The lowest BCUT2D eigenvalue weighted by Gasteiger charge is -2.15. The van der Waals surface area contributed by atoms with E-state index in [-0.39, 0.29) is 5.91 Å². The van der Waals surface area contributed by atoms with Crippen LogP contribution in [0.1, 0.15) is 19.8 Å². The van der Waals surface area contributed by atoms with Crippen LogP contribution in [0, 0.1) is 0 Å². The van der Waals surface area contributed by atoms with E-state index < -0.39 is 0 Å². The zero-order valence-corrected chi connectivity index (χ0v) is 10.7. The Kier molecular flexibility index (Phi) is 4.39. The summed E-state index contributed by atoms with van der Waals surface area (Å²) in [6, 6.07) is 3.67. The molecule has 1 saturated heterocycles. The average Bonchev–Trinajstić information content (AvgIpc) is 2.92. The number of hydrogen-bond acceptors (Lipinski definition) is 4. The fraction of sp³-hybridized carbons (Fsp3) is 0.538. The first kappa shape index (κ1) is 12.7. The van der Waals surface area contributed by atoms with Crippen molar-refractivity contribution in [1.82, 2.24) is 9.88 Å². The number of rotatable bonds is 5. The highest BCUT2D eigenvalue weighted by Gasteiger charge is 2.17. The topological polar surface area (TPSA) is 54.5 Å². The summed E-state index contributed by atoms with van der Waals surface area (Å²) in [5.74, 6) is 0.760. The Hall–Kier alpha value is -1.78. The van der Waals surface area contributed by atoms with Crippen molar-refractivity contribution < 1.29 is 9.53 Å². The summed E-state index contributed by atoms with van der Waals surface area (Å²) in [5, 5.41) is 3.08. The number of nitrogens with one attached hydrogen (secondary N) is 1. The summed E-state index contributed by atoms with van der Waals surface area (Å²) in [6.45, 7) is 4.63. The highest BCUT2D eigenvalue weighted by atomic mass is 16.5. The van der Waals surface area contributed by atoms with Gasteiger partial charge in [0, 0.05) is 19.2 Å². The minimum Gasteiger partial charge on any atom is -0.478 e. The van der Waals surface area contributed by atoms with E-state index in [0.717, 1.165) is 31.6 Å². The molecule has 0 spiro atoms. The summed E-state index contributed by atoms with van der Waals surface area (Å²) in [5.41, 5.74) is 0.839. The second-order valence-corrected chi connectivity index (χ2v) is 4.26. The minimum atomic E-state index is 0.154. The third kappa shape index (κ3) is 3.35. The van der Waals surface area contributed by atoms with Gasteiger partial charge in [-0.1, -0.05) is 0 Å². The predicted octanol–water partition coefficient (Wildman–Crippen LogP) is 1.51. The lowest BCUT2D eigenvalue weighted by Crippen LogP contribution is -2.32. The molecule has 1 fully saturated rings. The Bertz CT molecular complexity index is 386. The molecule has 0 unspecified atom stereocenters. The van der Waals surface area contributed by atoms with Crippen LogP contribution >= 0.6 is 0 Å². The van der Waals surface area contributed by atoms with Gasteiger partial charge in [-0.2, -0.15) is 0 Å². The summed E-state index contributed by atoms with van der Waals surface area (Å²) in [7, 11) is 0. The van der Waals surface area contributed by atoms with Crippen molar-refractivity contribution >= 4 is 11.6 Å². The van der Waals surface area contributed by atoms with Gasteiger partial charge >= 0.3 is 0 Å². The molecule has 1 aromatic heterocycles. The molecule has 1 aromatic rings. The van der Waals surface area contributed by atoms with Gasteiger partial charge in [-0.3, -0.25) is 4.79 Å². The molecule has 98 valence electrons. The highest BCUT2D eigenvalue weighted by Crippen LogP contribution is 2.12. The van der Waals surface area contributed by atoms with Crippen LogP contribution < -0.4 is 10.1 Å². The molecule has 1 aliphatic rings. The number of amides is 1. The van der Waals surface area contributed by atoms with Crippen molar-refractivity contribution in [1.29, 1.82) is 0 Å². The molecule has 0 aromatic carbocycles. The Balaban J connectivity index is 1.80. The maximum atomic E-state index is 11.8. The zero-order valence-electron chi connectivity index (χ0n) is 10.7. The van der Waals surface area contributed by atoms with Gasteiger partial charge in [0.05, 0.1) is 25.0 Å². The molecule has 0 aliphatic carbocycles. The predicted molar refractivity (Wildman–Crippen MR) is 69.7 cm³/mol. The van der Waals surface area contributed by atoms with Crippen LogP contribution in [0.4, 0.5) is 5.69 Å². The van der Waals surface area contributed by atoms with Gasteiger partial charge in [0.15, 0.2) is 0 Å². The molecular formula is C13H19N3O2. The standard InChI is InChI=1S/C13H19N3O2/c1-2-18-12-6-5-11(9-15-12)14-10-13(17)16-7-3-4-8-16/h5-6,9,14H,2-4,7-8,10H2,1H3. The van der Waals surface area contributed by atoms with Crippen molar-refractivity contribution in [3.63, 3.8) is 0 Å². The van der Waals surface area contributed by atoms with Crippen molar-refractivity contribution in [3.8, 4) is 5.88 Å². The maximum absolute atomic E-state index is 11.8. The molecule has 5 heteroatoms. The van der Waals surface area contributed by atoms with Crippen LogP contribution in [-0.2, 0) is 4.79 Å². The van der Waals surface area contributed by atoms with Crippen LogP contribution in [0.5, 0.6) is 5.88 Å². The van der Waals surface area contributed by atoms with Crippen molar-refractivity contribution in [2.75, 3.05) is 31.6 Å². The van der Waals surface area contributed by atoms with E-state index >= 15 is 0 Å². The first-order valence-electron chi connectivity index (χ1n) is 6.40. The molecule has 0 radical (unpaired) electrons. The number of aromatic nitrogens is 1. The lowest BCUT2D eigenvalue weighted by atomic mass is 10.4. The van der Waals surface area contributed by atoms with Gasteiger partial charge in [-0.25, -0.2) is 4.98 Å². The Morgan fingerprint density at radius 2 is 2.22 bits per heavy atom. The minimum absolute atomic E-state index is 0.154. The summed E-state index contributed by atoms with van der Waals surface area (Å²) < 4.78 is 5.25. The van der Waals surface area contributed by atoms with E-state index in [1.54, 1.807) is 12.3 Å². The number of likely N-dealkylation sites (tertiary alicyclic amines) is 1. The molecule has 0 atom stereocenters. The van der Waals surface area contributed by atoms with E-state index in [2.05, 4.69) is 10.3 Å². The van der Waals surface area contributed by atoms with E-state index in [9.17, 15) is 4.79 Å². The normalized spacial score (nSPS) is 14.6. The second-order valence-electron chi connectivity index (χ2n) is 4.26. The Labute approximate surface area is 107 Å². The first-order valence-corrected chi connectivity index (χ1v) is 6.40. The third-order valence-electron chi connectivity index (χ3n) is 2.93. The van der Waals surface area contributed by atoms with Crippen LogP contribution in [0.25, 0.3) is 0 Å². The molecule has 1 amide bonds. The molecule has 1 aliphatic heterocycles. The largest absolute Gasteiger partial charge is 0.478 e. The van der Waals surface area contributed by atoms with Gasteiger partial charge in [-0.15, -0.1) is 0 Å².